The highest BCUT2D eigenvalue weighted by molar-refractivity contribution is 14.0. The number of rotatable bonds is 6. The average molecular weight is 498 g/mol. The van der Waals surface area contributed by atoms with Crippen molar-refractivity contribution >= 4 is 51.7 Å². The molecule has 0 saturated carbocycles. The van der Waals surface area contributed by atoms with Gasteiger partial charge in [-0.15, -0.1) is 24.0 Å². The molecule has 1 unspecified atom stereocenters. The molecule has 2 N–H and O–H groups in total. The summed E-state index contributed by atoms with van der Waals surface area (Å²) in [7, 11) is -1.69. The summed E-state index contributed by atoms with van der Waals surface area (Å²) in [6.07, 6.45) is 1.15. The van der Waals surface area contributed by atoms with E-state index in [0.29, 0.717) is 18.3 Å². The normalized spacial score (nSPS) is 18.6. The fourth-order valence-electron chi connectivity index (χ4n) is 2.53. The van der Waals surface area contributed by atoms with Crippen molar-refractivity contribution in [2.45, 2.75) is 23.5 Å². The zero-order valence-corrected chi connectivity index (χ0v) is 18.6. The molecule has 0 radical (unpaired) electrons. The average Bonchev–Trinajstić information content (AvgIpc) is 2.62. The first kappa shape index (κ1) is 22.5. The second kappa shape index (κ2) is 11.2. The largest absolute Gasteiger partial charge is 0.355 e. The lowest BCUT2D eigenvalue weighted by Crippen LogP contribution is -2.49. The zero-order chi connectivity index (χ0) is 17.4. The SMILES string of the molecule is CCC1CN(C(=NC)NCCNS(=O)(=O)c2ccccc2)CCS1.I. The first-order valence-corrected chi connectivity index (χ1v) is 10.7. The minimum Gasteiger partial charge on any atom is -0.355 e. The highest BCUT2D eigenvalue weighted by atomic mass is 127. The van der Waals surface area contributed by atoms with E-state index < -0.39 is 10.0 Å². The molecule has 1 aromatic carbocycles. The van der Waals surface area contributed by atoms with Crippen LogP contribution in [0.15, 0.2) is 40.2 Å². The molecule has 0 aromatic heterocycles. The van der Waals surface area contributed by atoms with Gasteiger partial charge in [-0.3, -0.25) is 4.99 Å². The lowest BCUT2D eigenvalue weighted by Gasteiger charge is -2.34. The minimum atomic E-state index is -3.45. The van der Waals surface area contributed by atoms with Gasteiger partial charge in [-0.05, 0) is 18.6 Å². The van der Waals surface area contributed by atoms with Crippen LogP contribution in [-0.2, 0) is 10.0 Å². The van der Waals surface area contributed by atoms with Gasteiger partial charge in [0.05, 0.1) is 4.90 Å². The minimum absolute atomic E-state index is 0. The molecular formula is C16H27IN4O2S2. The molecule has 2 rings (SSSR count). The summed E-state index contributed by atoms with van der Waals surface area (Å²) < 4.78 is 26.9. The third-order valence-corrected chi connectivity index (χ3v) is 6.71. The quantitative estimate of drug-likeness (QED) is 0.272. The van der Waals surface area contributed by atoms with E-state index in [1.54, 1.807) is 37.4 Å². The molecule has 1 aliphatic heterocycles. The van der Waals surface area contributed by atoms with Gasteiger partial charge in [-0.25, -0.2) is 13.1 Å². The zero-order valence-electron chi connectivity index (χ0n) is 14.6. The van der Waals surface area contributed by atoms with Crippen molar-refractivity contribution in [3.63, 3.8) is 0 Å². The number of thioether (sulfide) groups is 1. The van der Waals surface area contributed by atoms with Crippen LogP contribution in [0, 0.1) is 0 Å². The number of sulfonamides is 1. The van der Waals surface area contributed by atoms with Crippen LogP contribution in [0.25, 0.3) is 0 Å². The lowest BCUT2D eigenvalue weighted by atomic mass is 10.3. The second-order valence-electron chi connectivity index (χ2n) is 5.53. The van der Waals surface area contributed by atoms with E-state index in [2.05, 4.69) is 26.9 Å². The van der Waals surface area contributed by atoms with Crippen molar-refractivity contribution in [3.8, 4) is 0 Å². The molecule has 0 aliphatic carbocycles. The van der Waals surface area contributed by atoms with Crippen LogP contribution in [0.2, 0.25) is 0 Å². The molecule has 9 heteroatoms. The highest BCUT2D eigenvalue weighted by Gasteiger charge is 2.21. The van der Waals surface area contributed by atoms with Crippen molar-refractivity contribution in [1.29, 1.82) is 0 Å². The van der Waals surface area contributed by atoms with Crippen LogP contribution in [0.3, 0.4) is 0 Å². The Hall–Kier alpha value is -0.520. The topological polar surface area (TPSA) is 73.8 Å². The molecule has 6 nitrogen and oxygen atoms in total. The van der Waals surface area contributed by atoms with E-state index in [1.165, 1.54) is 0 Å². The van der Waals surface area contributed by atoms with E-state index in [-0.39, 0.29) is 28.9 Å². The Kier molecular flexibility index (Phi) is 10.1. The number of guanidine groups is 1. The molecule has 1 aliphatic rings. The number of hydrogen-bond acceptors (Lipinski definition) is 4. The van der Waals surface area contributed by atoms with Crippen LogP contribution < -0.4 is 10.0 Å². The van der Waals surface area contributed by atoms with Gasteiger partial charge in [0.2, 0.25) is 10.0 Å². The van der Waals surface area contributed by atoms with Gasteiger partial charge in [-0.2, -0.15) is 11.8 Å². The number of hydrogen-bond donors (Lipinski definition) is 2. The third kappa shape index (κ3) is 6.95. The summed E-state index contributed by atoms with van der Waals surface area (Å²) in [5, 5.41) is 3.88. The molecule has 0 amide bonds. The van der Waals surface area contributed by atoms with Crippen LogP contribution in [0.1, 0.15) is 13.3 Å². The number of halogens is 1. The Morgan fingerprint density at radius 3 is 2.68 bits per heavy atom. The smallest absolute Gasteiger partial charge is 0.240 e. The van der Waals surface area contributed by atoms with Gasteiger partial charge in [0, 0.05) is 44.2 Å². The van der Waals surface area contributed by atoms with Crippen molar-refractivity contribution < 1.29 is 8.42 Å². The number of nitrogens with zero attached hydrogens (tertiary/aromatic N) is 2. The van der Waals surface area contributed by atoms with Crippen molar-refractivity contribution in [2.75, 3.05) is 39.0 Å². The monoisotopic (exact) mass is 498 g/mol. The summed E-state index contributed by atoms with van der Waals surface area (Å²) in [6, 6.07) is 8.40. The van der Waals surface area contributed by atoms with Crippen LogP contribution in [0.5, 0.6) is 0 Å². The molecule has 1 aromatic rings. The Morgan fingerprint density at radius 1 is 1.32 bits per heavy atom. The number of nitrogens with one attached hydrogen (secondary N) is 2. The molecule has 1 heterocycles. The van der Waals surface area contributed by atoms with Gasteiger partial charge in [-0.1, -0.05) is 25.1 Å². The summed E-state index contributed by atoms with van der Waals surface area (Å²) in [4.78, 5) is 6.85. The maximum absolute atomic E-state index is 12.1. The molecular weight excluding hydrogens is 471 g/mol. The van der Waals surface area contributed by atoms with E-state index in [1.807, 2.05) is 11.8 Å². The maximum atomic E-state index is 12.1. The molecule has 1 fully saturated rings. The van der Waals surface area contributed by atoms with E-state index >= 15 is 0 Å². The lowest BCUT2D eigenvalue weighted by molar-refractivity contribution is 0.408. The fraction of sp³-hybridized carbons (Fsp3) is 0.562. The van der Waals surface area contributed by atoms with Gasteiger partial charge < -0.3 is 10.2 Å². The Bertz CT molecular complexity index is 641. The standard InChI is InChI=1S/C16H26N4O2S2.HI/c1-3-14-13-20(11-12-23-14)16(17-2)18-9-10-19-24(21,22)15-7-5-4-6-8-15;/h4-8,14,19H,3,9-13H2,1-2H3,(H,17,18);1H. The molecule has 1 saturated heterocycles. The van der Waals surface area contributed by atoms with Crippen LogP contribution >= 0.6 is 35.7 Å². The molecule has 25 heavy (non-hydrogen) atoms. The summed E-state index contributed by atoms with van der Waals surface area (Å²) in [5.41, 5.74) is 0. The first-order chi connectivity index (χ1) is 11.6. The highest BCUT2D eigenvalue weighted by Crippen LogP contribution is 2.20. The van der Waals surface area contributed by atoms with Crippen LogP contribution in [-0.4, -0.2) is 63.5 Å². The predicted octanol–water partition coefficient (Wildman–Crippen LogP) is 1.99. The summed E-state index contributed by atoms with van der Waals surface area (Å²) in [6.45, 7) is 4.97. The van der Waals surface area contributed by atoms with E-state index in [9.17, 15) is 8.42 Å². The van der Waals surface area contributed by atoms with Gasteiger partial charge in [0.25, 0.3) is 0 Å². The Morgan fingerprint density at radius 2 is 2.04 bits per heavy atom. The summed E-state index contributed by atoms with van der Waals surface area (Å²) >= 11 is 2.01. The molecule has 1 atom stereocenters. The molecule has 0 bridgehead atoms. The maximum Gasteiger partial charge on any atom is 0.240 e. The van der Waals surface area contributed by atoms with Gasteiger partial charge >= 0.3 is 0 Å². The fourth-order valence-corrected chi connectivity index (χ4v) is 4.77. The van der Waals surface area contributed by atoms with E-state index in [0.717, 1.165) is 31.2 Å². The van der Waals surface area contributed by atoms with E-state index in [4.69, 9.17) is 0 Å². The third-order valence-electron chi connectivity index (χ3n) is 3.86. The van der Waals surface area contributed by atoms with Crippen molar-refractivity contribution in [3.05, 3.63) is 30.3 Å². The number of aliphatic imine (C=N–C) groups is 1. The van der Waals surface area contributed by atoms with Gasteiger partial charge in [0.1, 0.15) is 0 Å². The van der Waals surface area contributed by atoms with Crippen LogP contribution in [0.4, 0.5) is 0 Å². The van der Waals surface area contributed by atoms with Gasteiger partial charge in [0.15, 0.2) is 5.96 Å². The Labute approximate surface area is 172 Å². The van der Waals surface area contributed by atoms with Crippen molar-refractivity contribution in [1.82, 2.24) is 14.9 Å². The molecule has 142 valence electrons. The predicted molar refractivity (Wildman–Crippen MR) is 117 cm³/mol. The number of benzene rings is 1. The first-order valence-electron chi connectivity index (χ1n) is 8.18. The molecule has 0 spiro atoms. The summed E-state index contributed by atoms with van der Waals surface area (Å²) in [5.74, 6) is 1.94. The van der Waals surface area contributed by atoms with Crippen molar-refractivity contribution in [2.24, 2.45) is 4.99 Å². The Balaban J connectivity index is 0.00000312. The second-order valence-corrected chi connectivity index (χ2v) is 8.71.